The van der Waals surface area contributed by atoms with Crippen LogP contribution < -0.4 is 21.3 Å². The minimum absolute atomic E-state index is 0.0285. The van der Waals surface area contributed by atoms with Crippen LogP contribution in [-0.4, -0.2) is 109 Å². The second kappa shape index (κ2) is 20.1. The van der Waals surface area contributed by atoms with E-state index in [1.165, 1.54) is 6.20 Å². The second-order valence-corrected chi connectivity index (χ2v) is 18.9. The lowest BCUT2D eigenvalue weighted by molar-refractivity contribution is -0.130. The fourth-order valence-corrected chi connectivity index (χ4v) is 7.85. The molecule has 65 heavy (non-hydrogen) atoms. The highest BCUT2D eigenvalue weighted by Crippen LogP contribution is 2.31. The summed E-state index contributed by atoms with van der Waals surface area (Å²) in [6, 6.07) is 14.0. The molecule has 2 aliphatic rings. The van der Waals surface area contributed by atoms with E-state index in [1.54, 1.807) is 78.8 Å². The summed E-state index contributed by atoms with van der Waals surface area (Å²) in [6.07, 6.45) is 2.38. The molecule has 348 valence electrons. The van der Waals surface area contributed by atoms with E-state index in [1.807, 2.05) is 24.3 Å². The molecule has 0 bridgehead atoms. The number of amides is 5. The number of aromatic nitrogens is 5. The number of halogens is 2. The number of hydrogen-bond donors (Lipinski definition) is 5. The average Bonchev–Trinajstić information content (AvgIpc) is 3.77. The molecule has 1 saturated carbocycles. The third kappa shape index (κ3) is 14.0. The molecular weight excluding hydrogens is 843 g/mol. The van der Waals surface area contributed by atoms with Crippen LogP contribution in [0.25, 0.3) is 22.5 Å². The van der Waals surface area contributed by atoms with Crippen LogP contribution in [0.15, 0.2) is 60.8 Å². The maximum atomic E-state index is 14.7. The van der Waals surface area contributed by atoms with Crippen LogP contribution in [-0.2, 0) is 25.5 Å². The number of tetrazole rings is 1. The average molecular weight is 901 g/mol. The minimum atomic E-state index is -3.23. The summed E-state index contributed by atoms with van der Waals surface area (Å²) < 4.78 is 40.0. The Balaban J connectivity index is 1.10. The van der Waals surface area contributed by atoms with E-state index < -0.39 is 66.2 Å². The number of alkyl halides is 2. The second-order valence-electron chi connectivity index (χ2n) is 18.9. The number of alkyl carbamates (subject to hydrolysis) is 1. The van der Waals surface area contributed by atoms with Gasteiger partial charge in [0.05, 0.1) is 12.6 Å². The first-order valence-corrected chi connectivity index (χ1v) is 21.7. The number of aryl methyl sites for hydroxylation is 1. The Morgan fingerprint density at radius 3 is 2.18 bits per heavy atom. The van der Waals surface area contributed by atoms with E-state index in [-0.39, 0.29) is 36.4 Å². The number of likely N-dealkylation sites (tertiary alicyclic amines) is 1. The zero-order chi connectivity index (χ0) is 47.1. The van der Waals surface area contributed by atoms with Crippen LogP contribution in [0.5, 0.6) is 0 Å². The van der Waals surface area contributed by atoms with Crippen molar-refractivity contribution in [1.29, 1.82) is 0 Å². The molecule has 2 aromatic carbocycles. The van der Waals surface area contributed by atoms with E-state index in [2.05, 4.69) is 46.9 Å². The van der Waals surface area contributed by atoms with Gasteiger partial charge in [-0.2, -0.15) is 0 Å². The van der Waals surface area contributed by atoms with Gasteiger partial charge in [-0.1, -0.05) is 24.3 Å². The quantitative estimate of drug-likeness (QED) is 0.102. The van der Waals surface area contributed by atoms with Crippen LogP contribution in [0.4, 0.5) is 24.1 Å². The lowest BCUT2D eigenvalue weighted by atomic mass is 9.81. The zero-order valence-corrected chi connectivity index (χ0v) is 37.8. The topological polar surface area (TPSA) is 223 Å². The number of aromatic amines is 1. The number of benzene rings is 2. The molecule has 2 fully saturated rings. The van der Waals surface area contributed by atoms with E-state index in [9.17, 15) is 32.8 Å². The molecule has 0 spiro atoms. The summed E-state index contributed by atoms with van der Waals surface area (Å²) in [5.41, 5.74) is 2.75. The summed E-state index contributed by atoms with van der Waals surface area (Å²) in [5, 5.41) is 25.2. The largest absolute Gasteiger partial charge is 0.444 e. The highest BCUT2D eigenvalue weighted by molar-refractivity contribution is 5.98. The van der Waals surface area contributed by atoms with Gasteiger partial charge in [0.2, 0.25) is 11.8 Å². The first-order valence-electron chi connectivity index (χ1n) is 21.7. The van der Waals surface area contributed by atoms with Crippen molar-refractivity contribution in [3.8, 4) is 22.5 Å². The van der Waals surface area contributed by atoms with Gasteiger partial charge in [-0.05, 0) is 138 Å². The van der Waals surface area contributed by atoms with Crippen LogP contribution in [0, 0.1) is 18.8 Å². The maximum Gasteiger partial charge on any atom is 0.410 e. The van der Waals surface area contributed by atoms with Gasteiger partial charge in [-0.15, -0.1) is 5.10 Å². The summed E-state index contributed by atoms with van der Waals surface area (Å²) in [6.45, 7) is 11.7. The van der Waals surface area contributed by atoms with Gasteiger partial charge in [0, 0.05) is 54.9 Å². The van der Waals surface area contributed by atoms with Crippen LogP contribution in [0.2, 0.25) is 0 Å². The number of nitrogens with one attached hydrogen (secondary N) is 5. The van der Waals surface area contributed by atoms with Crippen LogP contribution >= 0.6 is 0 Å². The van der Waals surface area contributed by atoms with E-state index >= 15 is 0 Å². The predicted molar refractivity (Wildman–Crippen MR) is 237 cm³/mol. The van der Waals surface area contributed by atoms with Crippen molar-refractivity contribution in [2.24, 2.45) is 11.8 Å². The van der Waals surface area contributed by atoms with Gasteiger partial charge in [0.1, 0.15) is 22.9 Å². The van der Waals surface area contributed by atoms with Crippen molar-refractivity contribution >= 4 is 35.6 Å². The van der Waals surface area contributed by atoms with Gasteiger partial charge in [-0.3, -0.25) is 19.4 Å². The Labute approximate surface area is 376 Å². The number of anilines is 1. The lowest BCUT2D eigenvalue weighted by Crippen LogP contribution is -2.57. The van der Waals surface area contributed by atoms with Crippen molar-refractivity contribution < 1.29 is 42.2 Å². The molecule has 19 heteroatoms. The number of ether oxygens (including phenoxy) is 2. The minimum Gasteiger partial charge on any atom is -0.444 e. The molecular formula is C46H58F2N10O7. The third-order valence-corrected chi connectivity index (χ3v) is 11.0. The third-order valence-electron chi connectivity index (χ3n) is 11.0. The van der Waals surface area contributed by atoms with Gasteiger partial charge >= 0.3 is 12.2 Å². The predicted octanol–water partition coefficient (Wildman–Crippen LogP) is 6.61. The lowest BCUT2D eigenvalue weighted by Gasteiger charge is -2.38. The Hall–Kier alpha value is -6.53. The molecule has 1 aliphatic carbocycles. The van der Waals surface area contributed by atoms with Gasteiger partial charge in [0.25, 0.3) is 11.8 Å². The Morgan fingerprint density at radius 2 is 1.57 bits per heavy atom. The molecule has 4 aromatic rings. The summed E-state index contributed by atoms with van der Waals surface area (Å²) in [7, 11) is 0. The number of piperidine rings is 1. The highest BCUT2D eigenvalue weighted by atomic mass is 19.3. The highest BCUT2D eigenvalue weighted by Gasteiger charge is 2.44. The van der Waals surface area contributed by atoms with Crippen molar-refractivity contribution in [3.63, 3.8) is 0 Å². The molecule has 5 N–H and O–H groups in total. The number of H-pyrrole nitrogens is 1. The van der Waals surface area contributed by atoms with E-state index in [0.29, 0.717) is 36.5 Å². The molecule has 5 amide bonds. The number of rotatable bonds is 12. The number of hydrogen-bond acceptors (Lipinski definition) is 11. The summed E-state index contributed by atoms with van der Waals surface area (Å²) >= 11 is 0. The Bertz CT molecular complexity index is 2310. The molecule has 2 aromatic heterocycles. The first kappa shape index (κ1) is 47.9. The number of carbonyl (C=O) groups excluding carboxylic acids is 5. The fourth-order valence-electron chi connectivity index (χ4n) is 7.85. The number of nitrogens with zero attached hydrogens (tertiary/aromatic N) is 5. The Kier molecular flexibility index (Phi) is 14.8. The molecule has 3 heterocycles. The zero-order valence-electron chi connectivity index (χ0n) is 37.8. The number of pyridine rings is 1. The van der Waals surface area contributed by atoms with Crippen LogP contribution in [0.3, 0.4) is 0 Å². The van der Waals surface area contributed by atoms with Crippen molar-refractivity contribution in [2.75, 3.05) is 25.0 Å². The molecule has 0 radical (unpaired) electrons. The standard InChI is InChI=1S/C46H58F2N10O7/c1-27-20-36(40(60)52-34-22-46(47,48)26-58(25-34)43(63)65-45(5,6)7)49-24-35(27)30-12-8-28(9-13-30)21-37(41(61)51-33-18-16-31(17-19-33)38-54-56-57-55-38)53-39(59)32-14-10-29(11-15-32)23-50-42(62)64-44(2,3)4/h8-9,12-13,16-20,24,29,32,34,37H,10-11,14-15,21-23,25-26H2,1-7H3,(H,50,62)(H,51,61)(H,52,60)(H,53,59)(H,54,55,56,57)/t29-,32-,34?,37-/m0/s1. The first-order chi connectivity index (χ1) is 30.6. The normalized spacial score (nSPS) is 19.0. The fraction of sp³-hybridized carbons (Fsp3) is 0.500. The van der Waals surface area contributed by atoms with Crippen LogP contribution in [0.1, 0.15) is 95.3 Å². The molecule has 17 nitrogen and oxygen atoms in total. The Morgan fingerprint density at radius 1 is 0.908 bits per heavy atom. The maximum absolute atomic E-state index is 14.7. The van der Waals surface area contributed by atoms with Crippen molar-refractivity contribution in [1.82, 2.24) is 46.5 Å². The number of carbonyl (C=O) groups is 5. The SMILES string of the molecule is Cc1cc(C(=O)NC2CN(C(=O)OC(C)(C)C)CC(F)(F)C2)ncc1-c1ccc(C[C@H](NC(=O)[C@H]2CC[C@H](CNC(=O)OC(C)(C)C)CC2)C(=O)Nc2ccc(-c3nnn[nH]3)cc2)cc1. The van der Waals surface area contributed by atoms with E-state index in [0.717, 1.165) is 40.0 Å². The van der Waals surface area contributed by atoms with Gasteiger partial charge in [-0.25, -0.2) is 23.5 Å². The molecule has 2 atom stereocenters. The molecule has 1 aliphatic heterocycles. The van der Waals surface area contributed by atoms with Gasteiger partial charge < -0.3 is 35.6 Å². The van der Waals surface area contributed by atoms with E-state index in [4.69, 9.17) is 9.47 Å². The molecule has 1 unspecified atom stereocenters. The van der Waals surface area contributed by atoms with Crippen molar-refractivity contribution in [3.05, 3.63) is 77.6 Å². The summed E-state index contributed by atoms with van der Waals surface area (Å²) in [5.74, 6) is -4.15. The van der Waals surface area contributed by atoms with Crippen molar-refractivity contribution in [2.45, 2.75) is 116 Å². The summed E-state index contributed by atoms with van der Waals surface area (Å²) in [4.78, 5) is 70.9. The van der Waals surface area contributed by atoms with Gasteiger partial charge in [0.15, 0.2) is 5.82 Å². The molecule has 6 rings (SSSR count). The smallest absolute Gasteiger partial charge is 0.410 e. The monoisotopic (exact) mass is 900 g/mol. The molecule has 1 saturated heterocycles.